The Kier molecular flexibility index (Phi) is 3.20. The SMILES string of the molecule is [3H]c1csc(OCc2c(Cl)cn(C)c2-n2nnn(C)c2=O)n1. The molecule has 3 rings (SSSR count). The lowest BCUT2D eigenvalue weighted by atomic mass is 10.3. The molecule has 0 aliphatic heterocycles. The highest BCUT2D eigenvalue weighted by Gasteiger charge is 2.19. The lowest BCUT2D eigenvalue weighted by molar-refractivity contribution is 0.304. The zero-order valence-electron chi connectivity index (χ0n) is 12.1. The number of hydrogen-bond donors (Lipinski definition) is 0. The van der Waals surface area contributed by atoms with Gasteiger partial charge < -0.3 is 9.30 Å². The van der Waals surface area contributed by atoms with Gasteiger partial charge in [0.2, 0.25) is 0 Å². The van der Waals surface area contributed by atoms with Gasteiger partial charge in [-0.15, -0.1) is 4.68 Å². The normalized spacial score (nSPS) is 11.7. The Morgan fingerprint density at radius 2 is 2.29 bits per heavy atom. The zero-order valence-corrected chi connectivity index (χ0v) is 12.7. The quantitative estimate of drug-likeness (QED) is 0.713. The van der Waals surface area contributed by atoms with Gasteiger partial charge >= 0.3 is 5.69 Å². The van der Waals surface area contributed by atoms with Crippen LogP contribution in [-0.2, 0) is 20.7 Å². The molecule has 21 heavy (non-hydrogen) atoms. The predicted molar refractivity (Wildman–Crippen MR) is 77.0 cm³/mol. The number of tetrazole rings is 1. The minimum atomic E-state index is -0.387. The average molecular weight is 329 g/mol. The van der Waals surface area contributed by atoms with E-state index in [4.69, 9.17) is 17.7 Å². The molecule has 0 fully saturated rings. The molecule has 10 heteroatoms. The van der Waals surface area contributed by atoms with Gasteiger partial charge in [0, 0.05) is 31.8 Å². The molecule has 3 heterocycles. The molecule has 0 aromatic carbocycles. The van der Waals surface area contributed by atoms with Crippen LogP contribution < -0.4 is 10.4 Å². The second-order valence-corrected chi connectivity index (χ2v) is 5.45. The van der Waals surface area contributed by atoms with Crippen molar-refractivity contribution in [1.82, 2.24) is 29.3 Å². The summed E-state index contributed by atoms with van der Waals surface area (Å²) in [6.07, 6.45) is 1.80. The van der Waals surface area contributed by atoms with E-state index in [0.717, 1.165) is 9.36 Å². The molecule has 0 aliphatic rings. The summed E-state index contributed by atoms with van der Waals surface area (Å²) in [6, 6.07) is 0. The van der Waals surface area contributed by atoms with Crippen molar-refractivity contribution in [2.75, 3.05) is 0 Å². The molecule has 110 valence electrons. The molecule has 0 atom stereocenters. The number of thiazole rings is 1. The molecule has 0 spiro atoms. The second-order valence-electron chi connectivity index (χ2n) is 4.22. The maximum absolute atomic E-state index is 12.0. The second kappa shape index (κ2) is 5.34. The first-order valence-electron chi connectivity index (χ1n) is 6.35. The van der Waals surface area contributed by atoms with Crippen molar-refractivity contribution in [1.29, 1.82) is 0 Å². The van der Waals surface area contributed by atoms with Crippen LogP contribution in [0.1, 0.15) is 6.93 Å². The van der Waals surface area contributed by atoms with E-state index in [1.54, 1.807) is 23.2 Å². The molecule has 3 aromatic heterocycles. The minimum absolute atomic E-state index is 0.102. The number of halogens is 1. The van der Waals surface area contributed by atoms with Crippen LogP contribution in [0.4, 0.5) is 0 Å². The fourth-order valence-electron chi connectivity index (χ4n) is 1.87. The average Bonchev–Trinajstić information content (AvgIpc) is 3.09. The fourth-order valence-corrected chi connectivity index (χ4v) is 2.59. The van der Waals surface area contributed by atoms with Crippen molar-refractivity contribution in [3.05, 3.63) is 38.8 Å². The summed E-state index contributed by atoms with van der Waals surface area (Å²) in [6.45, 7) is 0.102. The van der Waals surface area contributed by atoms with Gasteiger partial charge in [-0.25, -0.2) is 9.78 Å². The highest BCUT2D eigenvalue weighted by Crippen LogP contribution is 2.26. The maximum Gasteiger partial charge on any atom is 0.369 e. The van der Waals surface area contributed by atoms with Crippen molar-refractivity contribution < 1.29 is 6.11 Å². The van der Waals surface area contributed by atoms with Gasteiger partial charge in [0.1, 0.15) is 12.4 Å². The Hall–Kier alpha value is -2.13. The van der Waals surface area contributed by atoms with Gasteiger partial charge in [0.15, 0.2) is 0 Å². The molecule has 8 nitrogen and oxygen atoms in total. The first kappa shape index (κ1) is 12.6. The molecule has 0 saturated carbocycles. The van der Waals surface area contributed by atoms with Crippen molar-refractivity contribution >= 4 is 22.9 Å². The van der Waals surface area contributed by atoms with Crippen LogP contribution in [0.15, 0.2) is 22.5 Å². The van der Waals surface area contributed by atoms with E-state index >= 15 is 0 Å². The predicted octanol–water partition coefficient (Wildman–Crippen LogP) is 0.993. The molecule has 0 saturated heterocycles. The molecule has 0 amide bonds. The zero-order chi connectivity index (χ0) is 15.9. The molecular formula is C11H11ClN6O2S. The monoisotopic (exact) mass is 328 g/mol. The third-order valence-corrected chi connectivity index (χ3v) is 3.79. The van der Waals surface area contributed by atoms with Crippen molar-refractivity contribution in [2.45, 2.75) is 6.61 Å². The van der Waals surface area contributed by atoms with Crippen LogP contribution in [0.3, 0.4) is 0 Å². The third-order valence-electron chi connectivity index (χ3n) is 2.83. The molecule has 0 N–H and O–H groups in total. The summed E-state index contributed by atoms with van der Waals surface area (Å²) < 4.78 is 16.9. The Bertz CT molecular complexity index is 882. The Morgan fingerprint density at radius 1 is 1.48 bits per heavy atom. The van der Waals surface area contributed by atoms with Crippen LogP contribution in [0.25, 0.3) is 5.82 Å². The van der Waals surface area contributed by atoms with Gasteiger partial charge in [0.05, 0.1) is 12.0 Å². The molecule has 0 aliphatic carbocycles. The van der Waals surface area contributed by atoms with Gasteiger partial charge in [-0.1, -0.05) is 22.9 Å². The van der Waals surface area contributed by atoms with Gasteiger partial charge in [0.25, 0.3) is 5.19 Å². The Labute approximate surface area is 129 Å². The molecular weight excluding hydrogens is 316 g/mol. The van der Waals surface area contributed by atoms with Crippen molar-refractivity contribution in [2.24, 2.45) is 14.1 Å². The topological polar surface area (TPSA) is 79.8 Å². The highest BCUT2D eigenvalue weighted by molar-refractivity contribution is 7.11. The summed E-state index contributed by atoms with van der Waals surface area (Å²) in [5.41, 5.74) is 0.204. The fraction of sp³-hybridized carbons (Fsp3) is 0.273. The number of aromatic nitrogens is 6. The molecule has 0 unspecified atom stereocenters. The van der Waals surface area contributed by atoms with E-state index in [1.165, 1.54) is 18.4 Å². The largest absolute Gasteiger partial charge is 0.465 e. The van der Waals surface area contributed by atoms with Gasteiger partial charge in [-0.3, -0.25) is 0 Å². The first-order valence-corrected chi connectivity index (χ1v) is 7.11. The Morgan fingerprint density at radius 3 is 2.90 bits per heavy atom. The summed E-state index contributed by atoms with van der Waals surface area (Å²) in [5.74, 6) is 0.478. The standard InChI is InChI=1S/C11H11ClN6O2S/c1-16-5-8(12)7(6-20-10-13-3-4-21-10)9(16)18-11(19)17(2)14-15-18/h3-5H,6H2,1-2H3/i3T. The number of aryl methyl sites for hydroxylation is 2. The van der Waals surface area contributed by atoms with Gasteiger partial charge in [-0.05, 0) is 10.4 Å². The van der Waals surface area contributed by atoms with Crippen LogP contribution in [-0.4, -0.2) is 29.3 Å². The van der Waals surface area contributed by atoms with E-state index in [-0.39, 0.29) is 18.5 Å². The van der Waals surface area contributed by atoms with Crippen LogP contribution >= 0.6 is 22.9 Å². The third kappa shape index (κ3) is 2.45. The van der Waals surface area contributed by atoms with Crippen molar-refractivity contribution in [3.8, 4) is 11.0 Å². The maximum atomic E-state index is 12.0. The highest BCUT2D eigenvalue weighted by atomic mass is 35.5. The summed E-state index contributed by atoms with van der Waals surface area (Å²) in [4.78, 5) is 15.9. The van der Waals surface area contributed by atoms with Crippen molar-refractivity contribution in [3.63, 3.8) is 0 Å². The van der Waals surface area contributed by atoms with E-state index < -0.39 is 0 Å². The van der Waals surface area contributed by atoms with E-state index in [0.29, 0.717) is 21.6 Å². The number of ether oxygens (including phenoxy) is 1. The van der Waals surface area contributed by atoms with Crippen LogP contribution in [0.5, 0.6) is 5.19 Å². The summed E-state index contributed by atoms with van der Waals surface area (Å²) >= 11 is 7.42. The summed E-state index contributed by atoms with van der Waals surface area (Å²) in [5, 5.41) is 9.88. The minimum Gasteiger partial charge on any atom is -0.465 e. The Balaban J connectivity index is 1.97. The molecule has 0 bridgehead atoms. The smallest absolute Gasteiger partial charge is 0.369 e. The number of hydrogen-bond acceptors (Lipinski definition) is 6. The van der Waals surface area contributed by atoms with E-state index in [2.05, 4.69) is 15.4 Å². The summed E-state index contributed by atoms with van der Waals surface area (Å²) in [7, 11) is 3.26. The molecule has 3 aromatic rings. The molecule has 0 radical (unpaired) electrons. The van der Waals surface area contributed by atoms with Crippen LogP contribution in [0, 0.1) is 0 Å². The van der Waals surface area contributed by atoms with E-state index in [1.807, 2.05) is 0 Å². The van der Waals surface area contributed by atoms with Gasteiger partial charge in [-0.2, -0.15) is 4.68 Å². The van der Waals surface area contributed by atoms with Crippen LogP contribution in [0.2, 0.25) is 5.02 Å². The lowest BCUT2D eigenvalue weighted by Crippen LogP contribution is -2.24. The number of rotatable bonds is 4. The first-order chi connectivity index (χ1) is 10.5. The van der Waals surface area contributed by atoms with E-state index in [9.17, 15) is 4.79 Å². The lowest BCUT2D eigenvalue weighted by Gasteiger charge is -2.06. The number of nitrogens with zero attached hydrogens (tertiary/aromatic N) is 6.